The predicted octanol–water partition coefficient (Wildman–Crippen LogP) is 3.03. The van der Waals surface area contributed by atoms with Crippen molar-refractivity contribution in [2.24, 2.45) is 5.92 Å². The van der Waals surface area contributed by atoms with Gasteiger partial charge in [0.2, 0.25) is 0 Å². The molecule has 1 amide bonds. The molecule has 1 heterocycles. The summed E-state index contributed by atoms with van der Waals surface area (Å²) in [6, 6.07) is 9.32. The second-order valence-corrected chi connectivity index (χ2v) is 6.92. The lowest BCUT2D eigenvalue weighted by molar-refractivity contribution is -0.153. The average Bonchev–Trinajstić information content (AvgIpc) is 3.13. The quantitative estimate of drug-likeness (QED) is 0.605. The Morgan fingerprint density at radius 3 is 2.56 bits per heavy atom. The number of amides is 1. The van der Waals surface area contributed by atoms with Crippen molar-refractivity contribution in [2.45, 2.75) is 32.9 Å². The summed E-state index contributed by atoms with van der Waals surface area (Å²) in [5.41, 5.74) is 1.41. The van der Waals surface area contributed by atoms with Gasteiger partial charge in [-0.2, -0.15) is 0 Å². The van der Waals surface area contributed by atoms with Crippen molar-refractivity contribution >= 4 is 17.8 Å². The third-order valence-electron chi connectivity index (χ3n) is 5.53. The second kappa shape index (κ2) is 7.02. The van der Waals surface area contributed by atoms with E-state index in [1.165, 1.54) is 12.0 Å². The van der Waals surface area contributed by atoms with E-state index in [-0.39, 0.29) is 18.9 Å². The first kappa shape index (κ1) is 18.9. The number of rotatable bonds is 3. The molecule has 1 aliphatic carbocycles. The Balaban J connectivity index is 1.94. The van der Waals surface area contributed by atoms with Crippen molar-refractivity contribution in [2.75, 3.05) is 13.7 Å². The van der Waals surface area contributed by atoms with Crippen LogP contribution in [0.5, 0.6) is 0 Å². The number of hydrogen-bond acceptors (Lipinski definition) is 5. The molecule has 0 N–H and O–H groups in total. The van der Waals surface area contributed by atoms with Gasteiger partial charge in [0.25, 0.3) is 0 Å². The van der Waals surface area contributed by atoms with Crippen LogP contribution in [0.1, 0.15) is 26.3 Å². The molecule has 1 aliphatic heterocycles. The molecule has 6 nitrogen and oxygen atoms in total. The summed E-state index contributed by atoms with van der Waals surface area (Å²) in [6.45, 7) is 5.40. The van der Waals surface area contributed by atoms with Gasteiger partial charge in [0.05, 0.1) is 7.11 Å². The summed E-state index contributed by atoms with van der Waals surface area (Å²) in [5, 5.41) is 0. The zero-order valence-electron chi connectivity index (χ0n) is 15.9. The lowest BCUT2D eigenvalue weighted by atomic mass is 9.81. The lowest BCUT2D eigenvalue weighted by Crippen LogP contribution is -2.55. The van der Waals surface area contributed by atoms with Gasteiger partial charge < -0.3 is 9.47 Å². The highest BCUT2D eigenvalue weighted by molar-refractivity contribution is 6.14. The number of carbonyl (C=O) groups excluding carboxylic acids is 3. The summed E-state index contributed by atoms with van der Waals surface area (Å²) in [4.78, 5) is 39.4. The van der Waals surface area contributed by atoms with Crippen molar-refractivity contribution in [1.29, 1.82) is 0 Å². The molecule has 2 aliphatic rings. The third-order valence-corrected chi connectivity index (χ3v) is 5.53. The van der Waals surface area contributed by atoms with Crippen LogP contribution in [0.3, 0.4) is 0 Å². The topological polar surface area (TPSA) is 72.9 Å². The van der Waals surface area contributed by atoms with Gasteiger partial charge in [-0.05, 0) is 37.5 Å². The highest BCUT2D eigenvalue weighted by atomic mass is 16.6. The molecule has 6 heteroatoms. The largest absolute Gasteiger partial charge is 0.467 e. The molecular formula is C21H23NO5. The third kappa shape index (κ3) is 2.85. The van der Waals surface area contributed by atoms with Crippen LogP contribution in [0.15, 0.2) is 53.1 Å². The molecule has 1 aromatic rings. The highest BCUT2D eigenvalue weighted by Crippen LogP contribution is 2.50. The maximum atomic E-state index is 12.8. The first-order valence-electron chi connectivity index (χ1n) is 8.83. The van der Waals surface area contributed by atoms with Crippen LogP contribution in [0.2, 0.25) is 0 Å². The number of methoxy groups -OCH3 is 1. The number of Topliss-reactive ketones (excluding diaryl/α,β-unsaturated/α-hetero) is 1. The molecule has 142 valence electrons. The van der Waals surface area contributed by atoms with Gasteiger partial charge in [0, 0.05) is 18.0 Å². The molecule has 0 spiro atoms. The fourth-order valence-corrected chi connectivity index (χ4v) is 4.02. The smallest absolute Gasteiger partial charge is 0.411 e. The zero-order chi connectivity index (χ0) is 19.8. The Hall–Kier alpha value is -2.89. The summed E-state index contributed by atoms with van der Waals surface area (Å²) >= 11 is 0. The van der Waals surface area contributed by atoms with Crippen LogP contribution < -0.4 is 0 Å². The van der Waals surface area contributed by atoms with E-state index in [1.807, 2.05) is 30.3 Å². The van der Waals surface area contributed by atoms with Crippen molar-refractivity contribution in [3.8, 4) is 0 Å². The molecule has 1 aromatic carbocycles. The number of nitrogens with zero attached hydrogens (tertiary/aromatic N) is 1. The molecule has 1 fully saturated rings. The number of hydrogen-bond donors (Lipinski definition) is 0. The van der Waals surface area contributed by atoms with Crippen molar-refractivity contribution < 1.29 is 23.9 Å². The van der Waals surface area contributed by atoms with Gasteiger partial charge in [-0.3, -0.25) is 9.69 Å². The van der Waals surface area contributed by atoms with Gasteiger partial charge in [-0.15, -0.1) is 0 Å². The SMILES string of the molecule is C/C=C1\C(=O)C(C)=C2CN(C(=O)OCc3ccccc3)C(C)(C(=O)OC)C21. The van der Waals surface area contributed by atoms with E-state index in [0.717, 1.165) is 11.1 Å². The van der Waals surface area contributed by atoms with E-state index in [1.54, 1.807) is 26.8 Å². The van der Waals surface area contributed by atoms with Crippen LogP contribution >= 0.6 is 0 Å². The van der Waals surface area contributed by atoms with E-state index in [9.17, 15) is 14.4 Å². The first-order chi connectivity index (χ1) is 12.9. The molecule has 0 bridgehead atoms. The van der Waals surface area contributed by atoms with E-state index >= 15 is 0 Å². The molecule has 1 saturated heterocycles. The molecule has 0 saturated carbocycles. The van der Waals surface area contributed by atoms with Crippen molar-refractivity contribution in [3.63, 3.8) is 0 Å². The van der Waals surface area contributed by atoms with E-state index in [4.69, 9.17) is 9.47 Å². The second-order valence-electron chi connectivity index (χ2n) is 6.92. The number of ether oxygens (including phenoxy) is 2. The van der Waals surface area contributed by atoms with Crippen LogP contribution in [0.4, 0.5) is 4.79 Å². The highest BCUT2D eigenvalue weighted by Gasteiger charge is 2.61. The number of carbonyl (C=O) groups is 3. The number of allylic oxidation sites excluding steroid dienone is 2. The number of benzene rings is 1. The molecule has 3 rings (SSSR count). The summed E-state index contributed by atoms with van der Waals surface area (Å²) < 4.78 is 10.5. The molecule has 2 atom stereocenters. The number of likely N-dealkylation sites (tertiary alicyclic amines) is 1. The standard InChI is InChI=1S/C21H23NO5/c1-5-15-17-16(13(2)18(15)23)11-22(21(17,3)19(24)26-4)20(25)27-12-14-9-7-6-8-10-14/h5-10,17H,11-12H2,1-4H3/b15-5-. The Labute approximate surface area is 158 Å². The fraction of sp³-hybridized carbons (Fsp3) is 0.381. The minimum absolute atomic E-state index is 0.0788. The Kier molecular flexibility index (Phi) is 4.91. The van der Waals surface area contributed by atoms with Crippen LogP contribution in [-0.4, -0.2) is 41.9 Å². The minimum Gasteiger partial charge on any atom is -0.467 e. The Bertz CT molecular complexity index is 855. The maximum Gasteiger partial charge on any atom is 0.411 e. The Morgan fingerprint density at radius 2 is 1.96 bits per heavy atom. The minimum atomic E-state index is -1.33. The average molecular weight is 369 g/mol. The van der Waals surface area contributed by atoms with Gasteiger partial charge in [-0.1, -0.05) is 36.4 Å². The first-order valence-corrected chi connectivity index (χ1v) is 8.83. The van der Waals surface area contributed by atoms with Crippen LogP contribution in [-0.2, 0) is 25.7 Å². The summed E-state index contributed by atoms with van der Waals surface area (Å²) in [6.07, 6.45) is 1.10. The molecule has 0 radical (unpaired) electrons. The van der Waals surface area contributed by atoms with Crippen LogP contribution in [0.25, 0.3) is 0 Å². The van der Waals surface area contributed by atoms with E-state index in [2.05, 4.69) is 0 Å². The van der Waals surface area contributed by atoms with E-state index in [0.29, 0.717) is 11.1 Å². The molecule has 2 unspecified atom stereocenters. The van der Waals surface area contributed by atoms with E-state index < -0.39 is 23.5 Å². The molecule has 27 heavy (non-hydrogen) atoms. The fourth-order valence-electron chi connectivity index (χ4n) is 4.02. The molecular weight excluding hydrogens is 346 g/mol. The van der Waals surface area contributed by atoms with Gasteiger partial charge in [0.15, 0.2) is 11.3 Å². The van der Waals surface area contributed by atoms with Crippen LogP contribution in [0, 0.1) is 5.92 Å². The summed E-state index contributed by atoms with van der Waals surface area (Å²) in [7, 11) is 1.28. The summed E-state index contributed by atoms with van der Waals surface area (Å²) in [5.74, 6) is -1.15. The number of fused-ring (bicyclic) bond motifs is 1. The number of esters is 1. The molecule has 0 aromatic heterocycles. The van der Waals surface area contributed by atoms with Gasteiger partial charge in [0.1, 0.15) is 6.61 Å². The predicted molar refractivity (Wildman–Crippen MR) is 98.7 cm³/mol. The maximum absolute atomic E-state index is 12.8. The lowest BCUT2D eigenvalue weighted by Gasteiger charge is -2.35. The van der Waals surface area contributed by atoms with Gasteiger partial charge >= 0.3 is 12.1 Å². The Morgan fingerprint density at radius 1 is 1.30 bits per heavy atom. The van der Waals surface area contributed by atoms with Crippen molar-refractivity contribution in [3.05, 3.63) is 58.7 Å². The monoisotopic (exact) mass is 369 g/mol. The van der Waals surface area contributed by atoms with Crippen molar-refractivity contribution in [1.82, 2.24) is 4.90 Å². The zero-order valence-corrected chi connectivity index (χ0v) is 15.9. The normalized spacial score (nSPS) is 25.8. The van der Waals surface area contributed by atoms with Gasteiger partial charge in [-0.25, -0.2) is 9.59 Å². The number of ketones is 1.